The molecule has 0 saturated carbocycles. The van der Waals surface area contributed by atoms with E-state index in [4.69, 9.17) is 17.6 Å². The minimum Gasteiger partial charge on any atom is -0.348 e. The number of ether oxygens (including phenoxy) is 1. The molecule has 2 aliphatic carbocycles. The topological polar surface area (TPSA) is 9.23 Å². The predicted octanol–water partition coefficient (Wildman–Crippen LogP) is 2.49. The smallest absolute Gasteiger partial charge is 0.129 e. The van der Waals surface area contributed by atoms with E-state index in [1.54, 1.807) is 0 Å². The molecule has 2 aliphatic rings. The van der Waals surface area contributed by atoms with E-state index < -0.39 is 0 Å². The van der Waals surface area contributed by atoms with Crippen molar-refractivity contribution < 1.29 is 4.74 Å². The van der Waals surface area contributed by atoms with Crippen molar-refractivity contribution in [1.82, 2.24) is 0 Å². The molecule has 0 heterocycles. The highest BCUT2D eigenvalue weighted by atomic mass is 16.5. The normalized spacial score (nSPS) is 21.5. The molecule has 0 bridgehead atoms. The van der Waals surface area contributed by atoms with Crippen LogP contribution in [0.1, 0.15) is 0 Å². The van der Waals surface area contributed by atoms with Gasteiger partial charge in [-0.25, -0.2) is 0 Å². The Labute approximate surface area is 103 Å². The Morgan fingerprint density at radius 1 is 0.765 bits per heavy atom. The molecule has 0 saturated heterocycles. The molecule has 0 N–H and O–H groups in total. The molecule has 0 amide bonds. The van der Waals surface area contributed by atoms with Crippen molar-refractivity contribution in [2.45, 2.75) is 12.2 Å². The summed E-state index contributed by atoms with van der Waals surface area (Å²) in [5, 5.41) is 0. The van der Waals surface area contributed by atoms with Crippen molar-refractivity contribution in [3.05, 3.63) is 48.6 Å². The Hall–Kier alpha value is -1.96. The maximum atomic E-state index is 5.84. The van der Waals surface area contributed by atoms with Crippen LogP contribution in [0.2, 0.25) is 0 Å². The van der Waals surface area contributed by atoms with Crippen molar-refractivity contribution in [1.29, 1.82) is 0 Å². The zero-order valence-corrected chi connectivity index (χ0v) is 9.49. The van der Waals surface area contributed by atoms with Gasteiger partial charge in [-0.3, -0.25) is 0 Å². The Bertz CT molecular complexity index is 397. The fraction of sp³-hybridized carbons (Fsp3) is 0.250. The van der Waals surface area contributed by atoms with Gasteiger partial charge in [0.25, 0.3) is 0 Å². The largest absolute Gasteiger partial charge is 0.348 e. The van der Waals surface area contributed by atoms with Gasteiger partial charge in [-0.05, 0) is 0 Å². The van der Waals surface area contributed by atoms with Crippen LogP contribution >= 0.6 is 0 Å². The van der Waals surface area contributed by atoms with Crippen LogP contribution in [0.3, 0.4) is 0 Å². The number of hydrogen-bond acceptors (Lipinski definition) is 1. The van der Waals surface area contributed by atoms with E-state index in [0.717, 1.165) is 0 Å². The lowest BCUT2D eigenvalue weighted by atomic mass is 10.0. The van der Waals surface area contributed by atoms with E-state index in [0.29, 0.717) is 0 Å². The van der Waals surface area contributed by atoms with Crippen molar-refractivity contribution in [3.63, 3.8) is 0 Å². The van der Waals surface area contributed by atoms with Gasteiger partial charge in [-0.1, -0.05) is 60.4 Å². The number of hydrogen-bond donors (Lipinski definition) is 0. The first-order valence-corrected chi connectivity index (χ1v) is 5.63. The summed E-state index contributed by atoms with van der Waals surface area (Å²) >= 11 is 0. The third-order valence-electron chi connectivity index (χ3n) is 2.88. The molecule has 0 fully saturated rings. The first-order valence-electron chi connectivity index (χ1n) is 5.63. The van der Waals surface area contributed by atoms with Crippen LogP contribution in [0.5, 0.6) is 0 Å². The van der Waals surface area contributed by atoms with Crippen molar-refractivity contribution in [2.75, 3.05) is 0 Å². The fourth-order valence-corrected chi connectivity index (χ4v) is 1.94. The zero-order valence-electron chi connectivity index (χ0n) is 9.49. The number of terminal acetylenes is 2. The predicted molar refractivity (Wildman–Crippen MR) is 69.9 cm³/mol. The van der Waals surface area contributed by atoms with Crippen LogP contribution in [0.15, 0.2) is 48.6 Å². The lowest BCUT2D eigenvalue weighted by Crippen LogP contribution is -2.28. The molecule has 2 atom stereocenters. The molecule has 0 aromatic heterocycles. The molecule has 0 aromatic rings. The monoisotopic (exact) mass is 222 g/mol. The minimum atomic E-state index is -0.298. The van der Waals surface area contributed by atoms with Gasteiger partial charge in [0.05, 0.1) is 0 Å². The Morgan fingerprint density at radius 3 is 1.41 bits per heavy atom. The number of rotatable bonds is 4. The lowest BCUT2D eigenvalue weighted by molar-refractivity contribution is 0.0271. The quantitative estimate of drug-likeness (QED) is 0.664. The molecule has 1 nitrogen and oxygen atoms in total. The van der Waals surface area contributed by atoms with Gasteiger partial charge >= 0.3 is 0 Å². The van der Waals surface area contributed by atoms with Gasteiger partial charge in [0.15, 0.2) is 0 Å². The van der Waals surface area contributed by atoms with Crippen molar-refractivity contribution >= 4 is 0 Å². The van der Waals surface area contributed by atoms with Crippen LogP contribution in [0, 0.1) is 36.5 Å². The Balaban J connectivity index is 2.02. The average Bonchev–Trinajstić information content (AvgIpc) is 3.03. The molecule has 17 heavy (non-hydrogen) atoms. The fourth-order valence-electron chi connectivity index (χ4n) is 1.94. The second kappa shape index (κ2) is 5.39. The van der Waals surface area contributed by atoms with Crippen LogP contribution in [-0.4, -0.2) is 12.2 Å². The van der Waals surface area contributed by atoms with Crippen LogP contribution in [-0.2, 0) is 4.74 Å². The Kier molecular flexibility index (Phi) is 3.66. The molecule has 1 heteroatoms. The lowest BCUT2D eigenvalue weighted by Gasteiger charge is -2.23. The van der Waals surface area contributed by atoms with Crippen LogP contribution in [0.4, 0.5) is 0 Å². The highest BCUT2D eigenvalue weighted by Crippen LogP contribution is 2.22. The second-order valence-corrected chi connectivity index (χ2v) is 4.00. The van der Waals surface area contributed by atoms with Gasteiger partial charge in [-0.2, -0.15) is 0 Å². The highest BCUT2D eigenvalue weighted by Gasteiger charge is 2.24. The third kappa shape index (κ3) is 2.59. The van der Waals surface area contributed by atoms with E-state index >= 15 is 0 Å². The highest BCUT2D eigenvalue weighted by molar-refractivity contribution is 5.25. The molecule has 0 spiro atoms. The van der Waals surface area contributed by atoms with Gasteiger partial charge in [0.2, 0.25) is 0 Å². The first kappa shape index (κ1) is 11.5. The summed E-state index contributed by atoms with van der Waals surface area (Å²) in [5.41, 5.74) is 0. The molecule has 84 valence electrons. The second-order valence-electron chi connectivity index (χ2n) is 4.00. The summed E-state index contributed by atoms with van der Waals surface area (Å²) in [5.74, 6) is 5.59. The molecule has 0 radical (unpaired) electrons. The average molecular weight is 222 g/mol. The van der Waals surface area contributed by atoms with Crippen molar-refractivity contribution in [2.24, 2.45) is 11.8 Å². The Morgan fingerprint density at radius 2 is 1.12 bits per heavy atom. The number of allylic oxidation sites excluding steroid dienone is 4. The molecular weight excluding hydrogens is 208 g/mol. The summed E-state index contributed by atoms with van der Waals surface area (Å²) in [6.07, 6.45) is 26.4. The maximum Gasteiger partial charge on any atom is 0.129 e. The standard InChI is InChI=1S/C16H14O/c1-3-15(13-9-5-6-10-13)17-16(4-2)14-11-7-8-12-14/h1-2,5-16H. The SMILES string of the molecule is C#CC(OC(C#C)C1C=CC=C1)C1C=CC=C1. The molecule has 2 rings (SSSR count). The third-order valence-corrected chi connectivity index (χ3v) is 2.88. The minimum absolute atomic E-state index is 0.130. The summed E-state index contributed by atoms with van der Waals surface area (Å²) in [6, 6.07) is 0. The van der Waals surface area contributed by atoms with E-state index in [2.05, 4.69) is 11.8 Å². The van der Waals surface area contributed by atoms with Crippen LogP contribution in [0.25, 0.3) is 0 Å². The summed E-state index contributed by atoms with van der Waals surface area (Å²) in [6.45, 7) is 0. The van der Waals surface area contributed by atoms with Crippen molar-refractivity contribution in [3.8, 4) is 24.7 Å². The van der Waals surface area contributed by atoms with Gasteiger partial charge in [-0.15, -0.1) is 12.8 Å². The van der Waals surface area contributed by atoms with Gasteiger partial charge in [0, 0.05) is 11.8 Å². The van der Waals surface area contributed by atoms with E-state index in [-0.39, 0.29) is 24.0 Å². The first-order chi connectivity index (χ1) is 8.35. The van der Waals surface area contributed by atoms with E-state index in [1.807, 2.05) is 48.6 Å². The molecule has 0 aromatic carbocycles. The molecular formula is C16H14O. The summed E-state index contributed by atoms with van der Waals surface area (Å²) < 4.78 is 5.84. The maximum absolute atomic E-state index is 5.84. The van der Waals surface area contributed by atoms with Crippen LogP contribution < -0.4 is 0 Å². The molecule has 0 aliphatic heterocycles. The van der Waals surface area contributed by atoms with E-state index in [9.17, 15) is 0 Å². The zero-order chi connectivity index (χ0) is 12.1. The van der Waals surface area contributed by atoms with E-state index in [1.165, 1.54) is 0 Å². The van der Waals surface area contributed by atoms with Gasteiger partial charge in [0.1, 0.15) is 12.2 Å². The molecule has 2 unspecified atom stereocenters. The summed E-state index contributed by atoms with van der Waals surface area (Å²) in [4.78, 5) is 0. The summed E-state index contributed by atoms with van der Waals surface area (Å²) in [7, 11) is 0. The van der Waals surface area contributed by atoms with Gasteiger partial charge < -0.3 is 4.74 Å².